The predicted molar refractivity (Wildman–Crippen MR) is 141 cm³/mol. The van der Waals surface area contributed by atoms with E-state index in [1.54, 1.807) is 19.1 Å². The van der Waals surface area contributed by atoms with Crippen LogP contribution in [0.2, 0.25) is 0 Å². The molecule has 1 aromatic rings. The van der Waals surface area contributed by atoms with Crippen molar-refractivity contribution in [3.05, 3.63) is 70.8 Å². The molecule has 1 fully saturated rings. The lowest BCUT2D eigenvalue weighted by atomic mass is 9.72. The van der Waals surface area contributed by atoms with E-state index in [2.05, 4.69) is 24.1 Å². The van der Waals surface area contributed by atoms with Gasteiger partial charge in [0.2, 0.25) is 5.91 Å². The van der Waals surface area contributed by atoms with Gasteiger partial charge in [-0.2, -0.15) is 0 Å². The first-order valence-corrected chi connectivity index (χ1v) is 11.8. The number of carbonyl (C=O) groups excluding carboxylic acids is 3. The van der Waals surface area contributed by atoms with E-state index in [0.717, 1.165) is 25.9 Å². The van der Waals surface area contributed by atoms with Crippen LogP contribution >= 0.6 is 11.6 Å². The molecule has 1 aliphatic rings. The van der Waals surface area contributed by atoms with E-state index in [9.17, 15) is 13.6 Å². The Morgan fingerprint density at radius 3 is 2.14 bits per heavy atom. The van der Waals surface area contributed by atoms with E-state index in [1.165, 1.54) is 37.1 Å². The van der Waals surface area contributed by atoms with Crippen molar-refractivity contribution >= 4 is 31.1 Å². The molecular formula is C27H39ClF2N2O3. The van der Waals surface area contributed by atoms with Crippen LogP contribution in [-0.2, 0) is 19.8 Å². The Labute approximate surface area is 213 Å². The summed E-state index contributed by atoms with van der Waals surface area (Å²) in [5.41, 5.74) is 0.517. The highest BCUT2D eigenvalue weighted by Gasteiger charge is 2.37. The van der Waals surface area contributed by atoms with Gasteiger partial charge in [-0.3, -0.25) is 4.79 Å². The van der Waals surface area contributed by atoms with Gasteiger partial charge in [-0.1, -0.05) is 62.6 Å². The van der Waals surface area contributed by atoms with E-state index in [4.69, 9.17) is 21.2 Å². The fourth-order valence-electron chi connectivity index (χ4n) is 3.28. The Morgan fingerprint density at radius 1 is 1.11 bits per heavy atom. The second kappa shape index (κ2) is 20.7. The van der Waals surface area contributed by atoms with Gasteiger partial charge in [0.25, 0.3) is 0 Å². The van der Waals surface area contributed by atoms with Gasteiger partial charge in [-0.05, 0) is 63.7 Å². The molecule has 0 unspecified atom stereocenters. The van der Waals surface area contributed by atoms with Crippen LogP contribution in [0.4, 0.5) is 8.78 Å². The molecule has 1 aliphatic heterocycles. The fourth-order valence-corrected chi connectivity index (χ4v) is 3.44. The summed E-state index contributed by atoms with van der Waals surface area (Å²) < 4.78 is 26.5. The minimum atomic E-state index is -0.451. The van der Waals surface area contributed by atoms with E-state index < -0.39 is 5.41 Å². The number of hydrogen-bond acceptors (Lipinski definition) is 4. The number of halogens is 3. The standard InChI is InChI=1S/C21H25ClF2N2O.C4H10.2CH2O/c1-16(18(22)8-5-6-12-23)20(27)25-15-21(10-13-26(2)14-11-21)17-7-3-4-9-19(17)24;1-3-4-2;2*1-2/h3-9,12H,10-11,13-15H2,1-2H3,(H,25,27);3-4H2,1-2H3;2*1H2/b8-5-,12-6+,18-16-;;;. The molecule has 1 heterocycles. The van der Waals surface area contributed by atoms with Crippen molar-refractivity contribution in [2.45, 2.75) is 51.9 Å². The minimum Gasteiger partial charge on any atom is -0.351 e. The molecule has 5 nitrogen and oxygen atoms in total. The van der Waals surface area contributed by atoms with Crippen LogP contribution in [-0.4, -0.2) is 51.1 Å². The molecule has 1 N–H and O–H groups in total. The molecule has 0 saturated carbocycles. The fraction of sp³-hybridized carbons (Fsp3) is 0.444. The highest BCUT2D eigenvalue weighted by Crippen LogP contribution is 2.36. The Hall–Kier alpha value is -2.64. The molecular weight excluding hydrogens is 474 g/mol. The largest absolute Gasteiger partial charge is 0.351 e. The van der Waals surface area contributed by atoms with E-state index in [0.29, 0.717) is 24.0 Å². The van der Waals surface area contributed by atoms with E-state index >= 15 is 0 Å². The maximum atomic E-state index is 14.5. The number of amides is 1. The van der Waals surface area contributed by atoms with E-state index in [1.807, 2.05) is 26.7 Å². The van der Waals surface area contributed by atoms with Crippen molar-refractivity contribution in [1.29, 1.82) is 0 Å². The average molecular weight is 513 g/mol. The highest BCUT2D eigenvalue weighted by molar-refractivity contribution is 6.33. The molecule has 0 radical (unpaired) electrons. The summed E-state index contributed by atoms with van der Waals surface area (Å²) in [6, 6.07) is 6.76. The molecule has 1 amide bonds. The number of allylic oxidation sites excluding steroid dienone is 4. The van der Waals surface area contributed by atoms with Crippen LogP contribution in [0.1, 0.15) is 52.0 Å². The van der Waals surface area contributed by atoms with Gasteiger partial charge in [0.05, 0.1) is 6.33 Å². The van der Waals surface area contributed by atoms with Crippen LogP contribution in [0.15, 0.2) is 59.4 Å². The van der Waals surface area contributed by atoms with Crippen molar-refractivity contribution in [1.82, 2.24) is 10.2 Å². The Morgan fingerprint density at radius 2 is 1.66 bits per heavy atom. The number of nitrogens with zero attached hydrogens (tertiary/aromatic N) is 1. The number of piperidine rings is 1. The lowest BCUT2D eigenvalue weighted by molar-refractivity contribution is -0.117. The summed E-state index contributed by atoms with van der Waals surface area (Å²) >= 11 is 6.09. The Bertz CT molecular complexity index is 816. The quantitative estimate of drug-likeness (QED) is 0.365. The molecule has 1 saturated heterocycles. The van der Waals surface area contributed by atoms with Crippen LogP contribution in [0, 0.1) is 5.82 Å². The zero-order valence-electron chi connectivity index (χ0n) is 21.3. The number of benzene rings is 1. The third-order valence-electron chi connectivity index (χ3n) is 5.60. The van der Waals surface area contributed by atoms with Gasteiger partial charge < -0.3 is 19.8 Å². The lowest BCUT2D eigenvalue weighted by Crippen LogP contribution is -2.48. The second-order valence-corrected chi connectivity index (χ2v) is 8.30. The van der Waals surface area contributed by atoms with E-state index in [-0.39, 0.29) is 16.8 Å². The third-order valence-corrected chi connectivity index (χ3v) is 6.01. The van der Waals surface area contributed by atoms with Crippen molar-refractivity contribution in [2.75, 3.05) is 26.7 Å². The number of rotatable bonds is 7. The molecule has 0 spiro atoms. The molecule has 0 aliphatic carbocycles. The third kappa shape index (κ3) is 12.6. The van der Waals surface area contributed by atoms with Gasteiger partial charge in [-0.15, -0.1) is 0 Å². The van der Waals surface area contributed by atoms with Crippen LogP contribution in [0.3, 0.4) is 0 Å². The SMILES string of the molecule is C=O.C=O.CCCC.C\C(C(=O)NCC1(c2ccccc2F)CCN(C)CC1)=C(Cl)/C=C\C=C\F. The maximum Gasteiger partial charge on any atom is 0.248 e. The van der Waals surface area contributed by atoms with Crippen LogP contribution in [0.5, 0.6) is 0 Å². The maximum absolute atomic E-state index is 14.5. The van der Waals surface area contributed by atoms with Crippen molar-refractivity contribution in [3.8, 4) is 0 Å². The van der Waals surface area contributed by atoms with Gasteiger partial charge in [0.15, 0.2) is 0 Å². The normalized spacial score (nSPS) is 15.5. The summed E-state index contributed by atoms with van der Waals surface area (Å²) in [5, 5.41) is 3.14. The smallest absolute Gasteiger partial charge is 0.248 e. The average Bonchev–Trinajstić information content (AvgIpc) is 2.90. The summed E-state index contributed by atoms with van der Waals surface area (Å²) in [6.45, 7) is 12.0. The number of unbranched alkanes of at least 4 members (excludes halogenated alkanes) is 1. The van der Waals surface area contributed by atoms with Crippen LogP contribution < -0.4 is 5.32 Å². The summed E-state index contributed by atoms with van der Waals surface area (Å²) in [5.74, 6) is -0.564. The topological polar surface area (TPSA) is 66.5 Å². The first-order valence-electron chi connectivity index (χ1n) is 11.4. The number of nitrogens with one attached hydrogen (secondary N) is 1. The minimum absolute atomic E-state index is 0.230. The summed E-state index contributed by atoms with van der Waals surface area (Å²) in [4.78, 5) is 30.7. The lowest BCUT2D eigenvalue weighted by Gasteiger charge is -2.41. The first kappa shape index (κ1) is 34.5. The van der Waals surface area contributed by atoms with Gasteiger partial charge in [-0.25, -0.2) is 8.78 Å². The summed E-state index contributed by atoms with van der Waals surface area (Å²) in [7, 11) is 2.04. The summed E-state index contributed by atoms with van der Waals surface area (Å²) in [6.07, 6.45) is 8.57. The molecule has 0 atom stereocenters. The number of likely N-dealkylation sites (tertiary alicyclic amines) is 1. The van der Waals surface area contributed by atoms with Crippen molar-refractivity contribution in [3.63, 3.8) is 0 Å². The Balaban J connectivity index is 0. The number of hydrogen-bond donors (Lipinski definition) is 1. The van der Waals surface area contributed by atoms with Crippen molar-refractivity contribution in [2.24, 2.45) is 0 Å². The van der Waals surface area contributed by atoms with Gasteiger partial charge in [0, 0.05) is 22.6 Å². The first-order chi connectivity index (χ1) is 16.8. The molecule has 8 heteroatoms. The highest BCUT2D eigenvalue weighted by atomic mass is 35.5. The van der Waals surface area contributed by atoms with Gasteiger partial charge in [0.1, 0.15) is 19.4 Å². The molecule has 0 bridgehead atoms. The molecule has 196 valence electrons. The molecule has 35 heavy (non-hydrogen) atoms. The predicted octanol–water partition coefficient (Wildman–Crippen LogP) is 5.89. The molecule has 0 aromatic heterocycles. The molecule has 2 rings (SSSR count). The second-order valence-electron chi connectivity index (χ2n) is 7.90. The molecule has 1 aromatic carbocycles. The zero-order valence-corrected chi connectivity index (χ0v) is 22.0. The van der Waals surface area contributed by atoms with Gasteiger partial charge >= 0.3 is 0 Å². The zero-order chi connectivity index (χ0) is 27.3. The van der Waals surface area contributed by atoms with Crippen molar-refractivity contribution < 1.29 is 23.2 Å². The van der Waals surface area contributed by atoms with Crippen LogP contribution in [0.25, 0.3) is 0 Å². The Kier molecular flexibility index (Phi) is 20.4. The monoisotopic (exact) mass is 512 g/mol. The number of carbonyl (C=O) groups is 3.